The van der Waals surface area contributed by atoms with E-state index in [1.165, 1.54) is 7.11 Å². The van der Waals surface area contributed by atoms with Crippen LogP contribution < -0.4 is 9.64 Å². The van der Waals surface area contributed by atoms with Crippen LogP contribution in [0.4, 0.5) is 5.82 Å². The molecule has 0 amide bonds. The Kier molecular flexibility index (Phi) is 8.41. The number of hydrogen-bond acceptors (Lipinski definition) is 8. The Hall–Kier alpha value is -5.05. The molecule has 0 aliphatic carbocycles. The van der Waals surface area contributed by atoms with E-state index in [0.717, 1.165) is 34.2 Å². The number of ether oxygens (including phenoxy) is 2. The summed E-state index contributed by atoms with van der Waals surface area (Å²) in [4.78, 5) is 19.5. The Morgan fingerprint density at radius 1 is 0.875 bits per heavy atom. The second kappa shape index (κ2) is 12.7. The zero-order valence-electron chi connectivity index (χ0n) is 22.4. The average molecular weight is 535 g/mol. The van der Waals surface area contributed by atoms with Crippen molar-refractivity contribution < 1.29 is 14.3 Å². The molecule has 202 valence electrons. The molecule has 0 atom stereocenters. The normalized spacial score (nSPS) is 10.8. The Morgan fingerprint density at radius 2 is 1.62 bits per heavy atom. The smallest absolute Gasteiger partial charge is 0.341 e. The molecule has 0 fully saturated rings. The van der Waals surface area contributed by atoms with Gasteiger partial charge in [0.1, 0.15) is 18.0 Å². The van der Waals surface area contributed by atoms with Gasteiger partial charge in [0.2, 0.25) is 5.88 Å². The summed E-state index contributed by atoms with van der Waals surface area (Å²) in [5.74, 6) is 1.16. The van der Waals surface area contributed by atoms with Gasteiger partial charge in [0, 0.05) is 24.7 Å². The van der Waals surface area contributed by atoms with Gasteiger partial charge in [0.25, 0.3) is 0 Å². The predicted octanol–water partition coefficient (Wildman–Crippen LogP) is 5.71. The second-order valence-corrected chi connectivity index (χ2v) is 9.20. The van der Waals surface area contributed by atoms with E-state index in [9.17, 15) is 4.79 Å². The molecular formula is C31H30N6O3. The topological polar surface area (TPSA) is 106 Å². The van der Waals surface area contributed by atoms with Crippen molar-refractivity contribution in [3.8, 4) is 28.4 Å². The van der Waals surface area contributed by atoms with E-state index in [1.54, 1.807) is 12.1 Å². The number of methoxy groups -OCH3 is 1. The zero-order valence-corrected chi connectivity index (χ0v) is 22.4. The molecule has 2 aromatic heterocycles. The highest BCUT2D eigenvalue weighted by Crippen LogP contribution is 2.31. The predicted molar refractivity (Wildman–Crippen MR) is 153 cm³/mol. The molecule has 5 rings (SSSR count). The van der Waals surface area contributed by atoms with Gasteiger partial charge in [-0.2, -0.15) is 4.98 Å². The molecular weight excluding hydrogens is 504 g/mol. The number of carbonyl (C=O) groups excluding carboxylic acids is 1. The van der Waals surface area contributed by atoms with Gasteiger partial charge in [0.15, 0.2) is 5.82 Å². The first-order valence-electron chi connectivity index (χ1n) is 13.1. The van der Waals surface area contributed by atoms with Crippen molar-refractivity contribution >= 4 is 11.8 Å². The maximum atomic E-state index is 12.7. The number of anilines is 1. The highest BCUT2D eigenvalue weighted by Gasteiger charge is 2.20. The van der Waals surface area contributed by atoms with Gasteiger partial charge in [0.05, 0.1) is 7.11 Å². The number of carbonyl (C=O) groups is 1. The van der Waals surface area contributed by atoms with Gasteiger partial charge in [-0.25, -0.2) is 9.89 Å². The van der Waals surface area contributed by atoms with Crippen LogP contribution in [0, 0.1) is 0 Å². The summed E-state index contributed by atoms with van der Waals surface area (Å²) in [5.41, 5.74) is 5.50. The number of nitrogens with one attached hydrogen (secondary N) is 1. The summed E-state index contributed by atoms with van der Waals surface area (Å²) in [5, 5.41) is 14.3. The molecule has 0 bridgehead atoms. The molecule has 0 saturated heterocycles. The molecule has 0 spiro atoms. The summed E-state index contributed by atoms with van der Waals surface area (Å²) in [6, 6.07) is 29.6. The van der Waals surface area contributed by atoms with Crippen LogP contribution in [-0.2, 0) is 17.9 Å². The summed E-state index contributed by atoms with van der Waals surface area (Å²) < 4.78 is 11.0. The number of pyridine rings is 1. The fourth-order valence-corrected chi connectivity index (χ4v) is 4.51. The molecule has 9 heteroatoms. The van der Waals surface area contributed by atoms with E-state index in [0.29, 0.717) is 42.8 Å². The minimum Gasteiger partial charge on any atom is -0.473 e. The number of aromatic nitrogens is 5. The van der Waals surface area contributed by atoms with Crippen molar-refractivity contribution in [3.63, 3.8) is 0 Å². The molecule has 2 heterocycles. The SMILES string of the molecule is CCCN(Cc1ccc(-c2ccccc2-c2nnn[nH]2)cc1)c1nc(OCc2ccccc2)ccc1C(=O)OC. The molecule has 1 N–H and O–H groups in total. The van der Waals surface area contributed by atoms with Gasteiger partial charge >= 0.3 is 5.97 Å². The number of hydrogen-bond donors (Lipinski definition) is 1. The molecule has 40 heavy (non-hydrogen) atoms. The maximum absolute atomic E-state index is 12.7. The van der Waals surface area contributed by atoms with E-state index < -0.39 is 5.97 Å². The Labute approximate surface area is 232 Å². The van der Waals surface area contributed by atoms with Crippen molar-refractivity contribution in [2.45, 2.75) is 26.5 Å². The van der Waals surface area contributed by atoms with Gasteiger partial charge < -0.3 is 14.4 Å². The van der Waals surface area contributed by atoms with Gasteiger partial charge in [-0.1, -0.05) is 85.8 Å². The Balaban J connectivity index is 1.41. The van der Waals surface area contributed by atoms with Crippen molar-refractivity contribution in [1.82, 2.24) is 25.6 Å². The third kappa shape index (κ3) is 6.15. The van der Waals surface area contributed by atoms with Gasteiger partial charge in [-0.3, -0.25) is 0 Å². The number of tetrazole rings is 1. The summed E-state index contributed by atoms with van der Waals surface area (Å²) in [6.07, 6.45) is 0.869. The average Bonchev–Trinajstić information content (AvgIpc) is 3.55. The van der Waals surface area contributed by atoms with E-state index >= 15 is 0 Å². The largest absolute Gasteiger partial charge is 0.473 e. The zero-order chi connectivity index (χ0) is 27.7. The quantitative estimate of drug-likeness (QED) is 0.215. The third-order valence-electron chi connectivity index (χ3n) is 6.44. The van der Waals surface area contributed by atoms with Crippen LogP contribution in [-0.4, -0.2) is 45.2 Å². The van der Waals surface area contributed by atoms with Crippen molar-refractivity contribution in [2.75, 3.05) is 18.6 Å². The number of esters is 1. The van der Waals surface area contributed by atoms with E-state index in [4.69, 9.17) is 14.5 Å². The Bertz CT molecular complexity index is 1540. The maximum Gasteiger partial charge on any atom is 0.341 e. The van der Waals surface area contributed by atoms with Gasteiger partial charge in [-0.15, -0.1) is 5.10 Å². The van der Waals surface area contributed by atoms with E-state index in [2.05, 4.69) is 56.7 Å². The molecule has 0 radical (unpaired) electrons. The van der Waals surface area contributed by atoms with Crippen molar-refractivity contribution in [3.05, 3.63) is 108 Å². The van der Waals surface area contributed by atoms with E-state index in [1.807, 2.05) is 54.6 Å². The first-order chi connectivity index (χ1) is 19.7. The highest BCUT2D eigenvalue weighted by atomic mass is 16.5. The van der Waals surface area contributed by atoms with Crippen LogP contribution in [0.15, 0.2) is 91.0 Å². The number of H-pyrrole nitrogens is 1. The fourth-order valence-electron chi connectivity index (χ4n) is 4.51. The minimum absolute atomic E-state index is 0.381. The molecule has 0 aliphatic heterocycles. The minimum atomic E-state index is -0.438. The second-order valence-electron chi connectivity index (χ2n) is 9.20. The third-order valence-corrected chi connectivity index (χ3v) is 6.44. The monoisotopic (exact) mass is 534 g/mol. The fraction of sp³-hybridized carbons (Fsp3) is 0.194. The Morgan fingerprint density at radius 3 is 2.33 bits per heavy atom. The molecule has 5 aromatic rings. The lowest BCUT2D eigenvalue weighted by atomic mass is 9.98. The van der Waals surface area contributed by atoms with E-state index in [-0.39, 0.29) is 0 Å². The lowest BCUT2D eigenvalue weighted by molar-refractivity contribution is 0.0601. The van der Waals surface area contributed by atoms with Crippen molar-refractivity contribution in [2.24, 2.45) is 0 Å². The first kappa shape index (κ1) is 26.6. The lowest BCUT2D eigenvalue weighted by Crippen LogP contribution is -2.27. The summed E-state index contributed by atoms with van der Waals surface area (Å²) in [6.45, 7) is 3.73. The number of benzene rings is 3. The first-order valence-corrected chi connectivity index (χ1v) is 13.1. The molecule has 0 aliphatic rings. The lowest BCUT2D eigenvalue weighted by Gasteiger charge is -2.25. The number of aromatic amines is 1. The van der Waals surface area contributed by atoms with Gasteiger partial charge in [-0.05, 0) is 45.2 Å². The summed E-state index contributed by atoms with van der Waals surface area (Å²) in [7, 11) is 1.38. The molecule has 9 nitrogen and oxygen atoms in total. The van der Waals surface area contributed by atoms with Crippen LogP contribution in [0.5, 0.6) is 5.88 Å². The van der Waals surface area contributed by atoms with Crippen LogP contribution >= 0.6 is 0 Å². The standard InChI is InChI=1S/C31H30N6O3/c1-3-19-37(30-27(31(38)39-2)17-18-28(32-30)40-21-23-9-5-4-6-10-23)20-22-13-15-24(16-14-22)25-11-7-8-12-26(25)29-33-35-36-34-29/h4-18H,3,19-21H2,1-2H3,(H,33,34,35,36). The number of nitrogens with zero attached hydrogens (tertiary/aromatic N) is 5. The highest BCUT2D eigenvalue weighted by molar-refractivity contribution is 5.95. The van der Waals surface area contributed by atoms with Crippen LogP contribution in [0.3, 0.4) is 0 Å². The van der Waals surface area contributed by atoms with Crippen LogP contribution in [0.2, 0.25) is 0 Å². The van der Waals surface area contributed by atoms with Crippen molar-refractivity contribution in [1.29, 1.82) is 0 Å². The number of rotatable bonds is 11. The molecule has 0 saturated carbocycles. The molecule has 3 aromatic carbocycles. The summed E-state index contributed by atoms with van der Waals surface area (Å²) >= 11 is 0. The molecule has 0 unspecified atom stereocenters. The van der Waals surface area contributed by atoms with Crippen LogP contribution in [0.1, 0.15) is 34.8 Å². The van der Waals surface area contributed by atoms with Crippen LogP contribution in [0.25, 0.3) is 22.5 Å².